The van der Waals surface area contributed by atoms with Crippen LogP contribution in [0, 0.1) is 0 Å². The fraction of sp³-hybridized carbons (Fsp3) is 0.409. The van der Waals surface area contributed by atoms with E-state index in [4.69, 9.17) is 18.9 Å². The van der Waals surface area contributed by atoms with Crippen molar-refractivity contribution in [3.63, 3.8) is 0 Å². The minimum Gasteiger partial charge on any atom is -0.493 e. The number of hydrogen-bond donors (Lipinski definition) is 2. The quantitative estimate of drug-likeness (QED) is 0.471. The zero-order valence-corrected chi connectivity index (χ0v) is 17.8. The highest BCUT2D eigenvalue weighted by Gasteiger charge is 2.14. The molecule has 1 atom stereocenters. The SMILES string of the molecule is CCNC(=NCc1cc(OC)c(OC)c(OC)c1)NCC(OC)c1ccccc1. The maximum Gasteiger partial charge on any atom is 0.203 e. The molecule has 158 valence electrons. The van der Waals surface area contributed by atoms with Gasteiger partial charge in [0.15, 0.2) is 17.5 Å². The minimum absolute atomic E-state index is 0.0683. The molecule has 29 heavy (non-hydrogen) atoms. The number of aliphatic imine (C=N–C) groups is 1. The average molecular weight is 402 g/mol. The molecule has 1 unspecified atom stereocenters. The molecule has 0 saturated carbocycles. The van der Waals surface area contributed by atoms with Gasteiger partial charge in [0.1, 0.15) is 0 Å². The molecule has 0 radical (unpaired) electrons. The third kappa shape index (κ3) is 6.29. The van der Waals surface area contributed by atoms with Gasteiger partial charge in [-0.25, -0.2) is 4.99 Å². The molecular weight excluding hydrogens is 370 g/mol. The average Bonchev–Trinajstić information content (AvgIpc) is 2.77. The van der Waals surface area contributed by atoms with Crippen molar-refractivity contribution in [2.75, 3.05) is 41.5 Å². The first kappa shape index (κ1) is 22.4. The Morgan fingerprint density at radius 1 is 0.931 bits per heavy atom. The molecule has 2 N–H and O–H groups in total. The van der Waals surface area contributed by atoms with Gasteiger partial charge in [-0.05, 0) is 30.2 Å². The van der Waals surface area contributed by atoms with Crippen LogP contribution in [0.25, 0.3) is 0 Å². The molecule has 0 aromatic heterocycles. The summed E-state index contributed by atoms with van der Waals surface area (Å²) in [5, 5.41) is 6.61. The van der Waals surface area contributed by atoms with E-state index < -0.39 is 0 Å². The van der Waals surface area contributed by atoms with Crippen molar-refractivity contribution in [3.8, 4) is 17.2 Å². The second kappa shape index (κ2) is 11.8. The van der Waals surface area contributed by atoms with Gasteiger partial charge < -0.3 is 29.6 Å². The van der Waals surface area contributed by atoms with Crippen LogP contribution in [0.1, 0.15) is 24.2 Å². The van der Waals surface area contributed by atoms with E-state index in [1.165, 1.54) is 0 Å². The number of hydrogen-bond acceptors (Lipinski definition) is 5. The molecule has 7 heteroatoms. The lowest BCUT2D eigenvalue weighted by Gasteiger charge is -2.19. The third-order valence-corrected chi connectivity index (χ3v) is 4.40. The Kier molecular flexibility index (Phi) is 9.11. The maximum atomic E-state index is 5.62. The second-order valence-corrected chi connectivity index (χ2v) is 6.24. The second-order valence-electron chi connectivity index (χ2n) is 6.24. The molecule has 2 rings (SSSR count). The van der Waals surface area contributed by atoms with Crippen molar-refractivity contribution in [2.24, 2.45) is 4.99 Å². The van der Waals surface area contributed by atoms with Crippen molar-refractivity contribution < 1.29 is 18.9 Å². The van der Waals surface area contributed by atoms with Crippen LogP contribution in [0.3, 0.4) is 0 Å². The Morgan fingerprint density at radius 2 is 1.59 bits per heavy atom. The van der Waals surface area contributed by atoms with Crippen molar-refractivity contribution >= 4 is 5.96 Å². The predicted octanol–water partition coefficient (Wildman–Crippen LogP) is 3.16. The van der Waals surface area contributed by atoms with E-state index in [-0.39, 0.29) is 6.10 Å². The third-order valence-electron chi connectivity index (χ3n) is 4.40. The highest BCUT2D eigenvalue weighted by atomic mass is 16.5. The topological polar surface area (TPSA) is 73.3 Å². The summed E-state index contributed by atoms with van der Waals surface area (Å²) in [7, 11) is 6.50. The molecule has 0 aliphatic carbocycles. The van der Waals surface area contributed by atoms with Gasteiger partial charge >= 0.3 is 0 Å². The molecule has 0 saturated heterocycles. The smallest absolute Gasteiger partial charge is 0.203 e. The monoisotopic (exact) mass is 401 g/mol. The fourth-order valence-electron chi connectivity index (χ4n) is 2.93. The minimum atomic E-state index is -0.0683. The molecular formula is C22H31N3O4. The van der Waals surface area contributed by atoms with Gasteiger partial charge in [0.2, 0.25) is 5.75 Å². The van der Waals surface area contributed by atoms with Crippen LogP contribution >= 0.6 is 0 Å². The zero-order valence-electron chi connectivity index (χ0n) is 17.8. The van der Waals surface area contributed by atoms with E-state index in [0.717, 1.165) is 17.7 Å². The van der Waals surface area contributed by atoms with Crippen molar-refractivity contribution in [3.05, 3.63) is 53.6 Å². The molecule has 2 aromatic carbocycles. The van der Waals surface area contributed by atoms with Crippen LogP contribution < -0.4 is 24.8 Å². The lowest BCUT2D eigenvalue weighted by atomic mass is 10.1. The van der Waals surface area contributed by atoms with E-state index in [2.05, 4.69) is 27.8 Å². The molecule has 0 spiro atoms. The lowest BCUT2D eigenvalue weighted by molar-refractivity contribution is 0.106. The highest BCUT2D eigenvalue weighted by Crippen LogP contribution is 2.38. The number of rotatable bonds is 10. The fourth-order valence-corrected chi connectivity index (χ4v) is 2.93. The van der Waals surface area contributed by atoms with E-state index in [1.54, 1.807) is 28.4 Å². The molecule has 0 fully saturated rings. The van der Waals surface area contributed by atoms with Crippen LogP contribution in [0.4, 0.5) is 0 Å². The Labute approximate surface area is 173 Å². The van der Waals surface area contributed by atoms with Gasteiger partial charge in [-0.2, -0.15) is 0 Å². The highest BCUT2D eigenvalue weighted by molar-refractivity contribution is 5.79. The number of nitrogens with zero attached hydrogens (tertiary/aromatic N) is 1. The summed E-state index contributed by atoms with van der Waals surface area (Å²) in [6, 6.07) is 13.9. The summed E-state index contributed by atoms with van der Waals surface area (Å²) in [6.07, 6.45) is -0.0683. The molecule has 0 amide bonds. The van der Waals surface area contributed by atoms with Crippen LogP contribution in [-0.2, 0) is 11.3 Å². The maximum absolute atomic E-state index is 5.62. The van der Waals surface area contributed by atoms with Gasteiger partial charge in [0.05, 0.1) is 34.0 Å². The van der Waals surface area contributed by atoms with Crippen molar-refractivity contribution in [1.82, 2.24) is 10.6 Å². The van der Waals surface area contributed by atoms with E-state index in [9.17, 15) is 0 Å². The zero-order chi connectivity index (χ0) is 21.1. The molecule has 0 aliphatic heterocycles. The van der Waals surface area contributed by atoms with Gasteiger partial charge in [-0.15, -0.1) is 0 Å². The molecule has 0 bridgehead atoms. The number of ether oxygens (including phenoxy) is 4. The van der Waals surface area contributed by atoms with Crippen LogP contribution in [0.15, 0.2) is 47.5 Å². The number of benzene rings is 2. The van der Waals surface area contributed by atoms with Crippen molar-refractivity contribution in [2.45, 2.75) is 19.6 Å². The standard InChI is InChI=1S/C22H31N3O4/c1-6-23-22(25-15-20(28-4)17-10-8-7-9-11-17)24-14-16-12-18(26-2)21(29-5)19(13-16)27-3/h7-13,20H,6,14-15H2,1-5H3,(H2,23,24,25). The largest absolute Gasteiger partial charge is 0.493 e. The van der Waals surface area contributed by atoms with Crippen LogP contribution in [-0.4, -0.2) is 47.5 Å². The predicted molar refractivity (Wildman–Crippen MR) is 115 cm³/mol. The first-order chi connectivity index (χ1) is 14.2. The first-order valence-electron chi connectivity index (χ1n) is 9.55. The number of nitrogens with one attached hydrogen (secondary N) is 2. The lowest BCUT2D eigenvalue weighted by Crippen LogP contribution is -2.39. The Morgan fingerprint density at radius 3 is 2.10 bits per heavy atom. The first-order valence-corrected chi connectivity index (χ1v) is 9.55. The van der Waals surface area contributed by atoms with E-state index in [0.29, 0.717) is 36.3 Å². The Balaban J connectivity index is 2.12. The Bertz CT molecular complexity index is 756. The summed E-state index contributed by atoms with van der Waals surface area (Å²) >= 11 is 0. The summed E-state index contributed by atoms with van der Waals surface area (Å²) < 4.78 is 21.8. The molecule has 0 heterocycles. The number of methoxy groups -OCH3 is 4. The van der Waals surface area contributed by atoms with Crippen molar-refractivity contribution in [1.29, 1.82) is 0 Å². The molecule has 0 aliphatic rings. The van der Waals surface area contributed by atoms with Gasteiger partial charge in [0.25, 0.3) is 0 Å². The van der Waals surface area contributed by atoms with E-state index in [1.807, 2.05) is 37.3 Å². The normalized spacial score (nSPS) is 12.2. The van der Waals surface area contributed by atoms with E-state index >= 15 is 0 Å². The molecule has 2 aromatic rings. The molecule has 7 nitrogen and oxygen atoms in total. The summed E-state index contributed by atoms with van der Waals surface area (Å²) in [4.78, 5) is 4.68. The van der Waals surface area contributed by atoms with Gasteiger partial charge in [0, 0.05) is 20.2 Å². The summed E-state index contributed by atoms with van der Waals surface area (Å²) in [5.41, 5.74) is 2.06. The van der Waals surface area contributed by atoms with Crippen LogP contribution in [0.5, 0.6) is 17.2 Å². The Hall–Kier alpha value is -2.93. The van der Waals surface area contributed by atoms with Crippen LogP contribution in [0.2, 0.25) is 0 Å². The van der Waals surface area contributed by atoms with Gasteiger partial charge in [-0.1, -0.05) is 30.3 Å². The summed E-state index contributed by atoms with van der Waals surface area (Å²) in [6.45, 7) is 3.84. The van der Waals surface area contributed by atoms with Gasteiger partial charge in [-0.3, -0.25) is 0 Å². The number of guanidine groups is 1. The summed E-state index contributed by atoms with van der Waals surface area (Å²) in [5.74, 6) is 2.50.